The molecule has 1 amide bonds. The van der Waals surface area contributed by atoms with Crippen LogP contribution in [0.4, 0.5) is 0 Å². The molecule has 2 aliphatic carbocycles. The molecule has 1 aromatic carbocycles. The van der Waals surface area contributed by atoms with E-state index in [1.54, 1.807) is 12.1 Å². The molecule has 0 heterocycles. The van der Waals surface area contributed by atoms with Crippen molar-refractivity contribution >= 4 is 11.6 Å². The fraction of sp³-hybridized carbons (Fsp3) is 0.304. The molecule has 0 unspecified atom stereocenters. The second kappa shape index (κ2) is 9.71. The predicted octanol–water partition coefficient (Wildman–Crippen LogP) is 5.35. The Labute approximate surface area is 155 Å². The van der Waals surface area contributed by atoms with Crippen LogP contribution in [0, 0.1) is 5.92 Å². The van der Waals surface area contributed by atoms with Gasteiger partial charge in [-0.3, -0.25) is 4.79 Å². The van der Waals surface area contributed by atoms with Gasteiger partial charge in [-0.1, -0.05) is 74.3 Å². The van der Waals surface area contributed by atoms with Crippen LogP contribution >= 0.6 is 0 Å². The van der Waals surface area contributed by atoms with E-state index in [1.165, 1.54) is 44.1 Å². The molecular weight excluding hydrogens is 320 g/mol. The summed E-state index contributed by atoms with van der Waals surface area (Å²) in [6, 6.07) is 9.11. The molecule has 3 rings (SSSR count). The van der Waals surface area contributed by atoms with Gasteiger partial charge in [-0.2, -0.15) is 5.10 Å². The molecule has 0 spiro atoms. The Morgan fingerprint density at radius 3 is 2.35 bits per heavy atom. The maximum absolute atomic E-state index is 12.1. The Bertz CT molecular complexity index is 746. The molecule has 26 heavy (non-hydrogen) atoms. The lowest BCUT2D eigenvalue weighted by molar-refractivity contribution is 0.0955. The number of benzene rings is 1. The fourth-order valence-corrected chi connectivity index (χ4v) is 3.42. The summed E-state index contributed by atoms with van der Waals surface area (Å²) >= 11 is 0. The molecule has 2 aliphatic rings. The highest BCUT2D eigenvalue weighted by Gasteiger charge is 2.14. The first-order valence-corrected chi connectivity index (χ1v) is 9.49. The maximum Gasteiger partial charge on any atom is 0.271 e. The topological polar surface area (TPSA) is 41.5 Å². The van der Waals surface area contributed by atoms with Crippen LogP contribution in [0.25, 0.3) is 0 Å². The van der Waals surface area contributed by atoms with Crippen LogP contribution in [0.3, 0.4) is 0 Å². The number of amides is 1. The van der Waals surface area contributed by atoms with Gasteiger partial charge in [0.05, 0.1) is 5.71 Å². The van der Waals surface area contributed by atoms with Crippen molar-refractivity contribution in [3.8, 4) is 0 Å². The summed E-state index contributed by atoms with van der Waals surface area (Å²) in [5, 5.41) is 4.24. The van der Waals surface area contributed by atoms with Crippen LogP contribution in [0.5, 0.6) is 0 Å². The summed E-state index contributed by atoms with van der Waals surface area (Å²) in [5.74, 6) is 0.452. The number of nitrogens with zero attached hydrogens (tertiary/aromatic N) is 1. The zero-order valence-electron chi connectivity index (χ0n) is 15.1. The molecule has 1 fully saturated rings. The summed E-state index contributed by atoms with van der Waals surface area (Å²) in [7, 11) is 0. The van der Waals surface area contributed by atoms with Crippen molar-refractivity contribution in [2.75, 3.05) is 0 Å². The van der Waals surface area contributed by atoms with Crippen LogP contribution in [0.2, 0.25) is 0 Å². The van der Waals surface area contributed by atoms with Crippen molar-refractivity contribution in [1.29, 1.82) is 0 Å². The van der Waals surface area contributed by atoms with Gasteiger partial charge in [0.15, 0.2) is 0 Å². The third-order valence-corrected chi connectivity index (χ3v) is 4.87. The molecule has 3 heteroatoms. The smallest absolute Gasteiger partial charge is 0.267 e. The van der Waals surface area contributed by atoms with Gasteiger partial charge < -0.3 is 0 Å². The third-order valence-electron chi connectivity index (χ3n) is 4.87. The van der Waals surface area contributed by atoms with Gasteiger partial charge in [-0.15, -0.1) is 0 Å². The lowest BCUT2D eigenvalue weighted by atomic mass is 9.91. The minimum atomic E-state index is -0.204. The normalized spacial score (nSPS) is 25.7. The van der Waals surface area contributed by atoms with E-state index in [0.717, 1.165) is 5.71 Å². The summed E-state index contributed by atoms with van der Waals surface area (Å²) in [6.45, 7) is 0. The largest absolute Gasteiger partial charge is 0.271 e. The minimum Gasteiger partial charge on any atom is -0.267 e. The fourth-order valence-electron chi connectivity index (χ4n) is 3.42. The molecule has 1 saturated carbocycles. The van der Waals surface area contributed by atoms with E-state index < -0.39 is 0 Å². The summed E-state index contributed by atoms with van der Waals surface area (Å²) in [6.07, 6.45) is 22.3. The Morgan fingerprint density at radius 1 is 0.885 bits per heavy atom. The molecule has 0 aliphatic heterocycles. The molecule has 0 saturated heterocycles. The van der Waals surface area contributed by atoms with Crippen LogP contribution in [0.1, 0.15) is 48.9 Å². The van der Waals surface area contributed by atoms with Gasteiger partial charge in [0.25, 0.3) is 5.91 Å². The van der Waals surface area contributed by atoms with Gasteiger partial charge >= 0.3 is 0 Å². The minimum absolute atomic E-state index is 0.204. The molecule has 134 valence electrons. The third kappa shape index (κ3) is 5.41. The van der Waals surface area contributed by atoms with Crippen molar-refractivity contribution < 1.29 is 4.79 Å². The van der Waals surface area contributed by atoms with Crippen molar-refractivity contribution in [3.05, 3.63) is 84.0 Å². The first-order valence-electron chi connectivity index (χ1n) is 9.49. The Hall–Kier alpha value is -2.68. The average Bonchev–Trinajstić information content (AvgIpc) is 2.90. The van der Waals surface area contributed by atoms with Crippen molar-refractivity contribution in [1.82, 2.24) is 5.43 Å². The number of hydrogen-bond acceptors (Lipinski definition) is 2. The van der Waals surface area contributed by atoms with Crippen molar-refractivity contribution in [3.63, 3.8) is 0 Å². The van der Waals surface area contributed by atoms with Gasteiger partial charge in [-0.25, -0.2) is 5.43 Å². The van der Waals surface area contributed by atoms with E-state index in [0.29, 0.717) is 11.5 Å². The van der Waals surface area contributed by atoms with Crippen LogP contribution in [-0.4, -0.2) is 11.6 Å². The van der Waals surface area contributed by atoms with E-state index in [1.807, 2.05) is 42.5 Å². The molecule has 0 atom stereocenters. The highest BCUT2D eigenvalue weighted by molar-refractivity contribution is 6.05. The lowest BCUT2D eigenvalue weighted by Gasteiger charge is -2.15. The Balaban J connectivity index is 1.68. The van der Waals surface area contributed by atoms with E-state index in [-0.39, 0.29) is 5.91 Å². The van der Waals surface area contributed by atoms with Crippen molar-refractivity contribution in [2.45, 2.75) is 38.5 Å². The highest BCUT2D eigenvalue weighted by atomic mass is 16.2. The van der Waals surface area contributed by atoms with Crippen molar-refractivity contribution in [2.24, 2.45) is 11.0 Å². The number of nitrogens with one attached hydrogen (secondary N) is 1. The highest BCUT2D eigenvalue weighted by Crippen LogP contribution is 2.29. The lowest BCUT2D eigenvalue weighted by Crippen LogP contribution is -2.18. The first-order chi connectivity index (χ1) is 12.8. The second-order valence-corrected chi connectivity index (χ2v) is 6.78. The zero-order chi connectivity index (χ0) is 18.0. The number of hydrazone groups is 1. The molecule has 1 N–H and O–H groups in total. The standard InChI is InChI=1S/C23H26N2O/c26-23(21-14-6-3-7-15-21)25-24-22-17-9-8-13-20(16-10-18-22)19-11-4-1-2-5-12-19/h3,6-10,13-19H,1-2,4-5,11-12H2,(H,25,26)/b13-8-,17-9+,18-10+,20-16+,24-22+. The van der Waals surface area contributed by atoms with Gasteiger partial charge in [0, 0.05) is 5.56 Å². The predicted molar refractivity (Wildman–Crippen MR) is 108 cm³/mol. The van der Waals surface area contributed by atoms with E-state index in [2.05, 4.69) is 28.8 Å². The molecule has 0 bridgehead atoms. The van der Waals surface area contributed by atoms with Gasteiger partial charge in [-0.05, 0) is 48.6 Å². The second-order valence-electron chi connectivity index (χ2n) is 6.78. The number of allylic oxidation sites excluding steroid dienone is 8. The molecule has 3 nitrogen and oxygen atoms in total. The number of carbonyl (C=O) groups is 1. The van der Waals surface area contributed by atoms with E-state index in [9.17, 15) is 4.79 Å². The molecular formula is C23H26N2O. The number of carbonyl (C=O) groups excluding carboxylic acids is 1. The van der Waals surface area contributed by atoms with E-state index in [4.69, 9.17) is 0 Å². The number of hydrogen-bond donors (Lipinski definition) is 1. The Morgan fingerprint density at radius 2 is 1.58 bits per heavy atom. The summed E-state index contributed by atoms with van der Waals surface area (Å²) in [5.41, 5.74) is 5.33. The van der Waals surface area contributed by atoms with Crippen LogP contribution < -0.4 is 5.43 Å². The summed E-state index contributed by atoms with van der Waals surface area (Å²) in [4.78, 5) is 12.1. The van der Waals surface area contributed by atoms with Gasteiger partial charge in [0.2, 0.25) is 0 Å². The van der Waals surface area contributed by atoms with Crippen LogP contribution in [-0.2, 0) is 0 Å². The van der Waals surface area contributed by atoms with E-state index >= 15 is 0 Å². The summed E-state index contributed by atoms with van der Waals surface area (Å²) < 4.78 is 0. The van der Waals surface area contributed by atoms with Gasteiger partial charge in [0.1, 0.15) is 0 Å². The number of rotatable bonds is 3. The molecule has 1 aromatic rings. The Kier molecular flexibility index (Phi) is 6.77. The van der Waals surface area contributed by atoms with Crippen LogP contribution in [0.15, 0.2) is 83.5 Å². The first kappa shape index (κ1) is 18.1. The maximum atomic E-state index is 12.1. The molecule has 0 radical (unpaired) electrons. The molecule has 0 aromatic heterocycles. The monoisotopic (exact) mass is 346 g/mol. The SMILES string of the molecule is O=C(N/N=C1\C=C\C=C/C(C2CCCCCC2)=C\C=C\1)c1ccccc1. The quantitative estimate of drug-likeness (QED) is 0.581. The zero-order valence-corrected chi connectivity index (χ0v) is 15.1. The average molecular weight is 346 g/mol.